The molecule has 1 aliphatic heterocycles. The molecule has 0 radical (unpaired) electrons. The monoisotopic (exact) mass is 452 g/mol. The second kappa shape index (κ2) is 7.98. The molecule has 6 nitrogen and oxygen atoms in total. The summed E-state index contributed by atoms with van der Waals surface area (Å²) in [5.41, 5.74) is 4.16. The molecule has 31 heavy (non-hydrogen) atoms. The van der Waals surface area contributed by atoms with Crippen LogP contribution in [0.5, 0.6) is 0 Å². The Morgan fingerprint density at radius 3 is 3.06 bits per heavy atom. The molecule has 0 saturated carbocycles. The Balaban J connectivity index is 1.22. The van der Waals surface area contributed by atoms with Gasteiger partial charge in [-0.15, -0.1) is 0 Å². The molecule has 2 amide bonds. The third-order valence-electron chi connectivity index (χ3n) is 5.74. The van der Waals surface area contributed by atoms with Crippen molar-refractivity contribution in [3.8, 4) is 0 Å². The summed E-state index contributed by atoms with van der Waals surface area (Å²) in [6.07, 6.45) is 2.90. The van der Waals surface area contributed by atoms with Crippen molar-refractivity contribution < 1.29 is 9.59 Å². The summed E-state index contributed by atoms with van der Waals surface area (Å²) in [5.74, 6) is -0.498. The lowest BCUT2D eigenvalue weighted by Gasteiger charge is -2.16. The number of carbonyl (C=O) groups is 2. The van der Waals surface area contributed by atoms with Crippen molar-refractivity contribution in [2.45, 2.75) is 19.8 Å². The number of aromatic nitrogens is 2. The lowest BCUT2D eigenvalue weighted by Crippen LogP contribution is -2.29. The van der Waals surface area contributed by atoms with Gasteiger partial charge in [0.05, 0.1) is 16.1 Å². The van der Waals surface area contributed by atoms with Gasteiger partial charge in [-0.25, -0.2) is 4.98 Å². The first kappa shape index (κ1) is 20.0. The van der Waals surface area contributed by atoms with E-state index in [1.807, 2.05) is 43.5 Å². The Bertz CT molecular complexity index is 1310. The number of likely N-dealkylation sites (tertiary alicyclic amines) is 1. The molecular weight excluding hydrogens is 432 g/mol. The number of hydrogen-bond donors (Lipinski definition) is 2. The van der Waals surface area contributed by atoms with Crippen LogP contribution in [0.4, 0.5) is 5.13 Å². The van der Waals surface area contributed by atoms with E-state index in [0.717, 1.165) is 32.2 Å². The number of fused-ring (bicyclic) bond motifs is 2. The van der Waals surface area contributed by atoms with Crippen molar-refractivity contribution in [3.63, 3.8) is 0 Å². The first-order chi connectivity index (χ1) is 15.0. The summed E-state index contributed by atoms with van der Waals surface area (Å²) in [5, 5.41) is 5.24. The normalized spacial score (nSPS) is 16.5. The van der Waals surface area contributed by atoms with Crippen LogP contribution >= 0.6 is 22.9 Å². The highest BCUT2D eigenvalue weighted by atomic mass is 35.5. The van der Waals surface area contributed by atoms with Crippen molar-refractivity contribution in [2.75, 3.05) is 18.4 Å². The maximum atomic E-state index is 12.8. The van der Waals surface area contributed by atoms with Gasteiger partial charge in [0.2, 0.25) is 11.8 Å². The summed E-state index contributed by atoms with van der Waals surface area (Å²) in [7, 11) is 0. The van der Waals surface area contributed by atoms with Crippen molar-refractivity contribution in [2.24, 2.45) is 5.92 Å². The molecule has 4 aromatic rings. The van der Waals surface area contributed by atoms with Crippen LogP contribution in [0, 0.1) is 12.8 Å². The summed E-state index contributed by atoms with van der Waals surface area (Å²) < 4.78 is 1.04. The van der Waals surface area contributed by atoms with Gasteiger partial charge in [-0.2, -0.15) is 0 Å². The fraction of sp³-hybridized carbons (Fsp3) is 0.261. The summed E-state index contributed by atoms with van der Waals surface area (Å²) >= 11 is 7.58. The Labute approximate surface area is 188 Å². The maximum Gasteiger partial charge on any atom is 0.231 e. The number of nitrogens with zero attached hydrogens (tertiary/aromatic N) is 2. The van der Waals surface area contributed by atoms with Gasteiger partial charge in [0, 0.05) is 41.6 Å². The van der Waals surface area contributed by atoms with Gasteiger partial charge >= 0.3 is 0 Å². The molecule has 0 bridgehead atoms. The molecule has 1 atom stereocenters. The Morgan fingerprint density at radius 1 is 1.32 bits per heavy atom. The molecule has 1 aliphatic rings. The fourth-order valence-corrected chi connectivity index (χ4v) is 5.21. The smallest absolute Gasteiger partial charge is 0.231 e. The predicted molar refractivity (Wildman–Crippen MR) is 125 cm³/mol. The van der Waals surface area contributed by atoms with Gasteiger partial charge in [-0.1, -0.05) is 29.0 Å². The third kappa shape index (κ3) is 4.03. The third-order valence-corrected chi connectivity index (χ3v) is 6.91. The van der Waals surface area contributed by atoms with E-state index in [2.05, 4.69) is 21.4 Å². The molecule has 2 aromatic carbocycles. The highest BCUT2D eigenvalue weighted by Crippen LogP contribution is 2.28. The molecule has 0 unspecified atom stereocenters. The molecular formula is C23H21ClN4O2S. The lowest BCUT2D eigenvalue weighted by atomic mass is 10.1. The number of halogens is 1. The average Bonchev–Trinajstić information content (AvgIpc) is 3.42. The molecule has 3 heterocycles. The molecule has 1 fully saturated rings. The highest BCUT2D eigenvalue weighted by molar-refractivity contribution is 7.22. The van der Waals surface area contributed by atoms with Crippen LogP contribution in [0.2, 0.25) is 5.02 Å². The van der Waals surface area contributed by atoms with E-state index in [1.165, 1.54) is 11.3 Å². The first-order valence-electron chi connectivity index (χ1n) is 10.2. The largest absolute Gasteiger partial charge is 0.361 e. The van der Waals surface area contributed by atoms with E-state index in [9.17, 15) is 9.59 Å². The summed E-state index contributed by atoms with van der Waals surface area (Å²) in [6.45, 7) is 3.03. The van der Waals surface area contributed by atoms with Gasteiger partial charge in [0.1, 0.15) is 0 Å². The minimum absolute atomic E-state index is 0.0120. The maximum absolute atomic E-state index is 12.8. The van der Waals surface area contributed by atoms with Gasteiger partial charge in [-0.3, -0.25) is 9.59 Å². The molecule has 1 saturated heterocycles. The van der Waals surface area contributed by atoms with Gasteiger partial charge in [0.15, 0.2) is 5.13 Å². The van der Waals surface area contributed by atoms with Gasteiger partial charge in [-0.05, 0) is 54.8 Å². The topological polar surface area (TPSA) is 78.1 Å². The predicted octanol–water partition coefficient (Wildman–Crippen LogP) is 4.77. The van der Waals surface area contributed by atoms with E-state index >= 15 is 0 Å². The number of rotatable bonds is 5. The Morgan fingerprint density at radius 2 is 2.19 bits per heavy atom. The Hall–Kier alpha value is -2.90. The zero-order valence-electron chi connectivity index (χ0n) is 16.9. The van der Waals surface area contributed by atoms with Crippen molar-refractivity contribution >= 4 is 61.0 Å². The molecule has 5 rings (SSSR count). The van der Waals surface area contributed by atoms with Crippen LogP contribution < -0.4 is 5.32 Å². The van der Waals surface area contributed by atoms with E-state index in [0.29, 0.717) is 29.7 Å². The number of amides is 2. The number of aryl methyl sites for hydroxylation is 1. The van der Waals surface area contributed by atoms with Crippen molar-refractivity contribution in [3.05, 3.63) is 58.7 Å². The molecule has 2 N–H and O–H groups in total. The van der Waals surface area contributed by atoms with Crippen molar-refractivity contribution in [1.29, 1.82) is 0 Å². The fourth-order valence-electron chi connectivity index (χ4n) is 4.07. The van der Waals surface area contributed by atoms with Crippen LogP contribution in [0.3, 0.4) is 0 Å². The second-order valence-electron chi connectivity index (χ2n) is 7.97. The van der Waals surface area contributed by atoms with E-state index in [-0.39, 0.29) is 24.2 Å². The van der Waals surface area contributed by atoms with Gasteiger partial charge < -0.3 is 15.2 Å². The minimum atomic E-state index is -0.362. The molecule has 0 aliphatic carbocycles. The number of hydrogen-bond acceptors (Lipinski definition) is 4. The molecule has 8 heteroatoms. The van der Waals surface area contributed by atoms with Gasteiger partial charge in [0.25, 0.3) is 0 Å². The number of benzene rings is 2. The summed E-state index contributed by atoms with van der Waals surface area (Å²) in [4.78, 5) is 34.7. The second-order valence-corrected chi connectivity index (χ2v) is 9.44. The summed E-state index contributed by atoms with van der Waals surface area (Å²) in [6, 6.07) is 11.7. The van der Waals surface area contributed by atoms with Crippen LogP contribution in [0.1, 0.15) is 17.5 Å². The Kier molecular flexibility index (Phi) is 5.16. The number of nitrogens with one attached hydrogen (secondary N) is 2. The number of thiazole rings is 1. The lowest BCUT2D eigenvalue weighted by molar-refractivity contribution is -0.128. The van der Waals surface area contributed by atoms with Crippen molar-refractivity contribution in [1.82, 2.24) is 14.9 Å². The number of carbonyl (C=O) groups excluding carboxylic acids is 2. The quantitative estimate of drug-likeness (QED) is 0.458. The van der Waals surface area contributed by atoms with Crippen LogP contribution in [0.25, 0.3) is 21.1 Å². The van der Waals surface area contributed by atoms with Crippen LogP contribution in [-0.2, 0) is 16.0 Å². The zero-order valence-corrected chi connectivity index (χ0v) is 18.5. The van der Waals surface area contributed by atoms with Crippen LogP contribution in [-0.4, -0.2) is 39.8 Å². The number of aromatic amines is 1. The standard InChI is InChI=1S/C23H21ClN4O2S/c1-13-2-4-19-20(8-13)31-23(26-19)27-22(30)15-9-21(29)28(12-15)7-6-14-11-25-18-5-3-16(24)10-17(14)18/h2-5,8,10-11,15,25H,6-7,9,12H2,1H3,(H,26,27,30)/t15-/m0/s1. The number of anilines is 1. The van der Waals surface area contributed by atoms with E-state index in [1.54, 1.807) is 4.90 Å². The van der Waals surface area contributed by atoms with E-state index in [4.69, 9.17) is 11.6 Å². The zero-order chi connectivity index (χ0) is 21.5. The SMILES string of the molecule is Cc1ccc2nc(NC(=O)[C@H]3CC(=O)N(CCc4c[nH]c5ccc(Cl)cc45)C3)sc2c1. The molecule has 2 aromatic heterocycles. The molecule has 0 spiro atoms. The number of H-pyrrole nitrogens is 1. The first-order valence-corrected chi connectivity index (χ1v) is 11.4. The highest BCUT2D eigenvalue weighted by Gasteiger charge is 2.34. The molecule has 158 valence electrons. The van der Waals surface area contributed by atoms with E-state index < -0.39 is 0 Å². The average molecular weight is 453 g/mol. The minimum Gasteiger partial charge on any atom is -0.361 e. The van der Waals surface area contributed by atoms with Crippen LogP contribution in [0.15, 0.2) is 42.6 Å².